The monoisotopic (exact) mass is 349 g/mol. The van der Waals surface area contributed by atoms with Gasteiger partial charge >= 0.3 is 13.1 Å². The van der Waals surface area contributed by atoms with Crippen LogP contribution in [0.2, 0.25) is 6.32 Å². The van der Waals surface area contributed by atoms with Gasteiger partial charge in [-0.25, -0.2) is 4.39 Å². The normalized spacial score (nSPS) is 26.4. The molecule has 1 aromatic carbocycles. The van der Waals surface area contributed by atoms with E-state index in [1.165, 1.54) is 6.07 Å². The number of carboxylic acids is 1. The van der Waals surface area contributed by atoms with Crippen LogP contribution in [-0.4, -0.2) is 28.2 Å². The van der Waals surface area contributed by atoms with Crippen molar-refractivity contribution in [3.8, 4) is 0 Å². The highest BCUT2D eigenvalue weighted by Gasteiger charge is 2.49. The Hall–Kier alpha value is -1.44. The van der Waals surface area contributed by atoms with Crippen LogP contribution in [0.1, 0.15) is 55.3 Å². The number of halogens is 1. The average Bonchev–Trinajstić information content (AvgIpc) is 3.33. The zero-order valence-electron chi connectivity index (χ0n) is 14.4. The molecule has 0 bridgehead atoms. The molecule has 5 nitrogen and oxygen atoms in total. The van der Waals surface area contributed by atoms with Gasteiger partial charge in [0.05, 0.1) is 5.41 Å². The van der Waals surface area contributed by atoms with E-state index in [0.717, 1.165) is 18.4 Å². The molecule has 136 valence electrons. The summed E-state index contributed by atoms with van der Waals surface area (Å²) >= 11 is 0. The van der Waals surface area contributed by atoms with E-state index >= 15 is 0 Å². The van der Waals surface area contributed by atoms with E-state index < -0.39 is 18.5 Å². The molecular formula is C18H25BFNO4. The van der Waals surface area contributed by atoms with Gasteiger partial charge in [-0.3, -0.25) is 4.79 Å². The summed E-state index contributed by atoms with van der Waals surface area (Å²) in [5, 5.41) is 27.9. The van der Waals surface area contributed by atoms with Gasteiger partial charge in [0, 0.05) is 11.6 Å². The van der Waals surface area contributed by atoms with Gasteiger partial charge < -0.3 is 20.9 Å². The summed E-state index contributed by atoms with van der Waals surface area (Å²) in [5.74, 6) is -1.20. The number of benzene rings is 1. The molecule has 1 fully saturated rings. The Morgan fingerprint density at radius 1 is 1.44 bits per heavy atom. The standard InChI is InChI=1S/C18H25BFNO4/c1-18(17(22)23)12(3-2-6-19(24)25)7-11-8-15(20)13(9-14(11)18)16(21)10-4-5-10/h8-10,12,16,24-25H,2-7,21H2,1H3,(H,22,23)/t12-,16-,18-/m0/s1. The minimum atomic E-state index is -1.39. The lowest BCUT2D eigenvalue weighted by Gasteiger charge is -2.29. The van der Waals surface area contributed by atoms with Crippen LogP contribution >= 0.6 is 0 Å². The lowest BCUT2D eigenvalue weighted by Crippen LogP contribution is -2.37. The predicted molar refractivity (Wildman–Crippen MR) is 92.5 cm³/mol. The molecule has 7 heteroatoms. The van der Waals surface area contributed by atoms with E-state index in [1.807, 2.05) is 0 Å². The lowest BCUT2D eigenvalue weighted by atomic mass is 9.72. The first kappa shape index (κ1) is 18.4. The number of carboxylic acid groups (broad SMARTS) is 1. The second kappa shape index (κ2) is 6.70. The summed E-state index contributed by atoms with van der Waals surface area (Å²) in [6.07, 6.45) is 3.71. The number of carbonyl (C=O) groups is 1. The third-order valence-electron chi connectivity index (χ3n) is 6.01. The molecule has 0 spiro atoms. The van der Waals surface area contributed by atoms with Gasteiger partial charge in [0.25, 0.3) is 0 Å². The quantitative estimate of drug-likeness (QED) is 0.564. The largest absolute Gasteiger partial charge is 0.481 e. The van der Waals surface area contributed by atoms with Gasteiger partial charge in [-0.2, -0.15) is 0 Å². The van der Waals surface area contributed by atoms with Crippen LogP contribution in [0.4, 0.5) is 4.39 Å². The van der Waals surface area contributed by atoms with Gasteiger partial charge in [0.15, 0.2) is 0 Å². The van der Waals surface area contributed by atoms with Crippen molar-refractivity contribution in [1.29, 1.82) is 0 Å². The number of hydrogen-bond donors (Lipinski definition) is 4. The molecule has 0 radical (unpaired) electrons. The minimum Gasteiger partial charge on any atom is -0.481 e. The van der Waals surface area contributed by atoms with Crippen molar-refractivity contribution >= 4 is 13.1 Å². The summed E-state index contributed by atoms with van der Waals surface area (Å²) in [4.78, 5) is 12.1. The second-order valence-corrected chi connectivity index (χ2v) is 7.71. The van der Waals surface area contributed by atoms with Crippen molar-refractivity contribution in [2.75, 3.05) is 0 Å². The number of nitrogens with two attached hydrogens (primary N) is 1. The van der Waals surface area contributed by atoms with E-state index in [4.69, 9.17) is 15.8 Å². The summed E-state index contributed by atoms with van der Waals surface area (Å²) < 4.78 is 14.5. The van der Waals surface area contributed by atoms with E-state index in [-0.39, 0.29) is 30.0 Å². The van der Waals surface area contributed by atoms with Gasteiger partial charge in [-0.05, 0) is 74.0 Å². The molecule has 0 aliphatic heterocycles. The highest BCUT2D eigenvalue weighted by Crippen LogP contribution is 2.48. The van der Waals surface area contributed by atoms with Crippen molar-refractivity contribution in [3.63, 3.8) is 0 Å². The van der Waals surface area contributed by atoms with E-state index in [1.54, 1.807) is 13.0 Å². The Balaban J connectivity index is 1.92. The van der Waals surface area contributed by atoms with Crippen molar-refractivity contribution in [3.05, 3.63) is 34.6 Å². The average molecular weight is 349 g/mol. The van der Waals surface area contributed by atoms with Crippen molar-refractivity contribution in [2.45, 2.75) is 56.8 Å². The van der Waals surface area contributed by atoms with Crippen LogP contribution in [0.3, 0.4) is 0 Å². The summed E-state index contributed by atoms with van der Waals surface area (Å²) in [7, 11) is -1.39. The van der Waals surface area contributed by atoms with Gasteiger partial charge in [-0.1, -0.05) is 6.42 Å². The predicted octanol–water partition coefficient (Wildman–Crippen LogP) is 2.00. The molecule has 0 unspecified atom stereocenters. The fourth-order valence-electron chi connectivity index (χ4n) is 4.17. The molecule has 0 saturated heterocycles. The molecule has 1 aromatic rings. The number of aliphatic carboxylic acids is 1. The maximum Gasteiger partial charge on any atom is 0.451 e. The topological polar surface area (TPSA) is 104 Å². The smallest absolute Gasteiger partial charge is 0.451 e. The van der Waals surface area contributed by atoms with Crippen LogP contribution in [0.25, 0.3) is 0 Å². The van der Waals surface area contributed by atoms with E-state index in [2.05, 4.69) is 0 Å². The molecule has 5 N–H and O–H groups in total. The Bertz CT molecular complexity index is 679. The van der Waals surface area contributed by atoms with Gasteiger partial charge in [0.2, 0.25) is 0 Å². The number of hydrogen-bond acceptors (Lipinski definition) is 4. The third-order valence-corrected chi connectivity index (χ3v) is 6.01. The van der Waals surface area contributed by atoms with Gasteiger partial charge in [0.1, 0.15) is 5.82 Å². The minimum absolute atomic E-state index is 0.203. The van der Waals surface area contributed by atoms with Crippen molar-refractivity contribution < 1.29 is 24.3 Å². The SMILES string of the molecule is C[C@@]1(C(=O)O)c2cc([C@@H](N)C3CC3)c(F)cc2C[C@@H]1CCCB(O)O. The Labute approximate surface area is 147 Å². The van der Waals surface area contributed by atoms with E-state index in [0.29, 0.717) is 30.4 Å². The first-order valence-electron chi connectivity index (χ1n) is 8.93. The number of rotatable bonds is 7. The first-order chi connectivity index (χ1) is 11.7. The van der Waals surface area contributed by atoms with Crippen LogP contribution in [0.15, 0.2) is 12.1 Å². The van der Waals surface area contributed by atoms with Crippen LogP contribution in [0.5, 0.6) is 0 Å². The van der Waals surface area contributed by atoms with Crippen LogP contribution in [-0.2, 0) is 16.6 Å². The van der Waals surface area contributed by atoms with Crippen LogP contribution < -0.4 is 5.73 Å². The van der Waals surface area contributed by atoms with E-state index in [9.17, 15) is 14.3 Å². The lowest BCUT2D eigenvalue weighted by molar-refractivity contribution is -0.145. The molecule has 3 atom stereocenters. The Morgan fingerprint density at radius 2 is 2.12 bits per heavy atom. The fraction of sp³-hybridized carbons (Fsp3) is 0.611. The highest BCUT2D eigenvalue weighted by atomic mass is 19.1. The van der Waals surface area contributed by atoms with Crippen LogP contribution in [0, 0.1) is 17.7 Å². The zero-order chi connectivity index (χ0) is 18.4. The fourth-order valence-corrected chi connectivity index (χ4v) is 4.17. The molecule has 25 heavy (non-hydrogen) atoms. The maximum absolute atomic E-state index is 14.5. The number of fused-ring (bicyclic) bond motifs is 1. The molecule has 3 rings (SSSR count). The second-order valence-electron chi connectivity index (χ2n) is 7.71. The molecule has 2 aliphatic rings. The zero-order valence-corrected chi connectivity index (χ0v) is 14.4. The van der Waals surface area contributed by atoms with Gasteiger partial charge in [-0.15, -0.1) is 0 Å². The molecular weight excluding hydrogens is 324 g/mol. The van der Waals surface area contributed by atoms with Crippen molar-refractivity contribution in [2.24, 2.45) is 17.6 Å². The maximum atomic E-state index is 14.5. The molecule has 0 heterocycles. The first-order valence-corrected chi connectivity index (χ1v) is 8.93. The molecule has 2 aliphatic carbocycles. The Morgan fingerprint density at radius 3 is 2.68 bits per heavy atom. The summed E-state index contributed by atoms with van der Waals surface area (Å²) in [5.41, 5.74) is 6.85. The Kier molecular flexibility index (Phi) is 4.92. The molecule has 0 aromatic heterocycles. The molecule has 0 amide bonds. The molecule has 1 saturated carbocycles. The van der Waals surface area contributed by atoms with Crippen molar-refractivity contribution in [1.82, 2.24) is 0 Å². The summed E-state index contributed by atoms with van der Waals surface area (Å²) in [6.45, 7) is 1.69. The highest BCUT2D eigenvalue weighted by molar-refractivity contribution is 6.40. The third kappa shape index (κ3) is 3.33. The summed E-state index contributed by atoms with van der Waals surface area (Å²) in [6, 6.07) is 2.74.